The van der Waals surface area contributed by atoms with Crippen LogP contribution in [0.2, 0.25) is 5.02 Å². The molecule has 1 atom stereocenters. The van der Waals surface area contributed by atoms with Crippen LogP contribution >= 0.6 is 11.6 Å². The zero-order valence-corrected chi connectivity index (χ0v) is 23.1. The molecule has 0 spiro atoms. The molecule has 39 heavy (non-hydrogen) atoms. The van der Waals surface area contributed by atoms with Crippen LogP contribution in [0.1, 0.15) is 24.5 Å². The lowest BCUT2D eigenvalue weighted by Crippen LogP contribution is -2.48. The minimum atomic E-state index is -0.242. The van der Waals surface area contributed by atoms with E-state index in [4.69, 9.17) is 16.6 Å². The van der Waals surface area contributed by atoms with Gasteiger partial charge < -0.3 is 20.3 Å². The van der Waals surface area contributed by atoms with Crippen molar-refractivity contribution in [1.82, 2.24) is 14.8 Å². The maximum absolute atomic E-state index is 13.0. The van der Waals surface area contributed by atoms with Gasteiger partial charge in [0.15, 0.2) is 11.7 Å². The quantitative estimate of drug-likeness (QED) is 0.236. The summed E-state index contributed by atoms with van der Waals surface area (Å²) in [5.41, 5.74) is 4.50. The Balaban J connectivity index is 1.38. The van der Waals surface area contributed by atoms with Crippen molar-refractivity contribution in [2.45, 2.75) is 19.4 Å². The lowest BCUT2D eigenvalue weighted by atomic mass is 10.0. The Kier molecular flexibility index (Phi) is 8.31. The van der Waals surface area contributed by atoms with E-state index in [9.17, 15) is 9.90 Å². The van der Waals surface area contributed by atoms with Gasteiger partial charge in [-0.1, -0.05) is 54.9 Å². The summed E-state index contributed by atoms with van der Waals surface area (Å²) in [5.74, 6) is 0.253. The highest BCUT2D eigenvalue weighted by Gasteiger charge is 2.22. The number of rotatable bonds is 9. The van der Waals surface area contributed by atoms with E-state index in [1.165, 1.54) is 0 Å². The SMILES string of the molecule is CCC(Nc1ccc(N=C(c2ccccc2)c2c(O)[nH]c3cc(Cl)ccc23)cc1)C(=O)CN1CCN(C)CC1. The second-order valence-electron chi connectivity index (χ2n) is 10.1. The topological polar surface area (TPSA) is 84.0 Å². The number of fused-ring (bicyclic) bond motifs is 1. The Morgan fingerprint density at radius 1 is 1.05 bits per heavy atom. The maximum Gasteiger partial charge on any atom is 0.199 e. The van der Waals surface area contributed by atoms with Crippen LogP contribution in [0.25, 0.3) is 10.9 Å². The first-order valence-electron chi connectivity index (χ1n) is 13.4. The summed E-state index contributed by atoms with van der Waals surface area (Å²) in [7, 11) is 2.12. The number of Topliss-reactive ketones (excluding diaryl/α,β-unsaturated/α-hetero) is 1. The van der Waals surface area contributed by atoms with Gasteiger partial charge in [0.2, 0.25) is 0 Å². The van der Waals surface area contributed by atoms with Crippen LogP contribution in [-0.2, 0) is 4.79 Å². The number of aromatic amines is 1. The molecule has 1 aliphatic rings. The van der Waals surface area contributed by atoms with Gasteiger partial charge in [-0.3, -0.25) is 9.69 Å². The number of aromatic nitrogens is 1. The van der Waals surface area contributed by atoms with Crippen molar-refractivity contribution >= 4 is 45.4 Å². The Hall–Kier alpha value is -3.65. The highest BCUT2D eigenvalue weighted by Crippen LogP contribution is 2.33. The Morgan fingerprint density at radius 2 is 1.77 bits per heavy atom. The summed E-state index contributed by atoms with van der Waals surface area (Å²) < 4.78 is 0. The number of likely N-dealkylation sites (N-methyl/N-ethyl adjacent to an activating group) is 1. The molecule has 0 saturated carbocycles. The molecular weight excluding hydrogens is 510 g/mol. The summed E-state index contributed by atoms with van der Waals surface area (Å²) >= 11 is 6.18. The predicted octanol–water partition coefficient (Wildman–Crippen LogP) is 5.70. The van der Waals surface area contributed by atoms with Gasteiger partial charge in [-0.2, -0.15) is 0 Å². The van der Waals surface area contributed by atoms with Gasteiger partial charge in [0, 0.05) is 47.8 Å². The number of aliphatic imine (C=N–C) groups is 1. The number of nitrogens with zero attached hydrogens (tertiary/aromatic N) is 3. The summed E-state index contributed by atoms with van der Waals surface area (Å²) in [6.07, 6.45) is 0.717. The van der Waals surface area contributed by atoms with Crippen molar-refractivity contribution in [3.05, 3.63) is 88.9 Å². The number of hydrogen-bond donors (Lipinski definition) is 3. The van der Waals surface area contributed by atoms with E-state index in [-0.39, 0.29) is 17.7 Å². The zero-order valence-electron chi connectivity index (χ0n) is 22.3. The van der Waals surface area contributed by atoms with Crippen molar-refractivity contribution < 1.29 is 9.90 Å². The average Bonchev–Trinajstić information content (AvgIpc) is 3.27. The number of halogens is 1. The third-order valence-corrected chi connectivity index (χ3v) is 7.48. The summed E-state index contributed by atoms with van der Waals surface area (Å²) in [5, 5.41) is 15.7. The van der Waals surface area contributed by atoms with Gasteiger partial charge in [0.05, 0.1) is 35.1 Å². The van der Waals surface area contributed by atoms with Crippen molar-refractivity contribution in [3.63, 3.8) is 0 Å². The first kappa shape index (κ1) is 26.9. The molecular formula is C31H34ClN5O2. The lowest BCUT2D eigenvalue weighted by molar-refractivity contribution is -0.121. The largest absolute Gasteiger partial charge is 0.494 e. The number of piperazine rings is 1. The minimum absolute atomic E-state index is 0.0396. The van der Waals surface area contributed by atoms with E-state index in [2.05, 4.69) is 27.1 Å². The minimum Gasteiger partial charge on any atom is -0.494 e. The van der Waals surface area contributed by atoms with Crippen molar-refractivity contribution in [2.75, 3.05) is 45.1 Å². The fraction of sp³-hybridized carbons (Fsp3) is 0.290. The standard InChI is InChI=1S/C31H34ClN5O2/c1-3-26(28(38)20-37-17-15-36(2)16-18-37)33-23-10-12-24(13-11-23)34-30(21-7-5-4-6-8-21)29-25-14-9-22(32)19-27(25)35-31(29)39/h4-14,19,26,33,35,39H,3,15-18,20H2,1-2H3. The Morgan fingerprint density at radius 3 is 2.46 bits per heavy atom. The number of benzene rings is 3. The number of anilines is 1. The number of nitrogens with one attached hydrogen (secondary N) is 2. The molecule has 202 valence electrons. The Bertz CT molecular complexity index is 1460. The molecule has 0 aliphatic carbocycles. The van der Waals surface area contributed by atoms with E-state index >= 15 is 0 Å². The monoisotopic (exact) mass is 543 g/mol. The third-order valence-electron chi connectivity index (χ3n) is 7.25. The molecule has 5 rings (SSSR count). The van der Waals surface area contributed by atoms with Crippen LogP contribution < -0.4 is 5.32 Å². The molecule has 1 fully saturated rings. The fourth-order valence-corrected chi connectivity index (χ4v) is 5.14. The van der Waals surface area contributed by atoms with Crippen molar-refractivity contribution in [3.8, 4) is 5.88 Å². The summed E-state index contributed by atoms with van der Waals surface area (Å²) in [6.45, 7) is 6.35. The number of carbonyl (C=O) groups excluding carboxylic acids is 1. The smallest absolute Gasteiger partial charge is 0.199 e. The zero-order chi connectivity index (χ0) is 27.4. The van der Waals surface area contributed by atoms with E-state index in [1.54, 1.807) is 12.1 Å². The van der Waals surface area contributed by atoms with Gasteiger partial charge in [-0.05, 0) is 49.9 Å². The van der Waals surface area contributed by atoms with Crippen molar-refractivity contribution in [1.29, 1.82) is 0 Å². The van der Waals surface area contributed by atoms with Crippen molar-refractivity contribution in [2.24, 2.45) is 4.99 Å². The summed E-state index contributed by atoms with van der Waals surface area (Å²) in [4.78, 5) is 25.5. The molecule has 4 aromatic rings. The number of carbonyl (C=O) groups is 1. The number of hydrogen-bond acceptors (Lipinski definition) is 6. The third kappa shape index (κ3) is 6.33. The maximum atomic E-state index is 13.0. The molecule has 8 heteroatoms. The van der Waals surface area contributed by atoms with Gasteiger partial charge in [-0.15, -0.1) is 0 Å². The molecule has 2 heterocycles. The second kappa shape index (κ2) is 12.0. The molecule has 3 N–H and O–H groups in total. The normalized spacial score (nSPS) is 15.9. The lowest BCUT2D eigenvalue weighted by Gasteiger charge is -2.32. The van der Waals surface area contributed by atoms with Crippen LogP contribution in [-0.4, -0.2) is 77.2 Å². The van der Waals surface area contributed by atoms with Crippen LogP contribution in [0.5, 0.6) is 5.88 Å². The van der Waals surface area contributed by atoms with Gasteiger partial charge >= 0.3 is 0 Å². The predicted molar refractivity (Wildman–Crippen MR) is 160 cm³/mol. The number of ketones is 1. The number of H-pyrrole nitrogens is 1. The van der Waals surface area contributed by atoms with Crippen LogP contribution in [0, 0.1) is 0 Å². The molecule has 0 radical (unpaired) electrons. The highest BCUT2D eigenvalue weighted by atomic mass is 35.5. The molecule has 1 saturated heterocycles. The molecule has 3 aromatic carbocycles. The summed E-state index contributed by atoms with van der Waals surface area (Å²) in [6, 6.07) is 22.8. The molecule has 0 bridgehead atoms. The van der Waals surface area contributed by atoms with E-state index < -0.39 is 0 Å². The first-order valence-corrected chi connectivity index (χ1v) is 13.7. The van der Waals surface area contributed by atoms with E-state index in [0.29, 0.717) is 29.3 Å². The van der Waals surface area contributed by atoms with Crippen LogP contribution in [0.3, 0.4) is 0 Å². The second-order valence-corrected chi connectivity index (χ2v) is 10.5. The fourth-order valence-electron chi connectivity index (χ4n) is 4.97. The van der Waals surface area contributed by atoms with E-state index in [1.807, 2.05) is 67.6 Å². The molecule has 1 unspecified atom stereocenters. The number of aromatic hydroxyl groups is 1. The molecule has 7 nitrogen and oxygen atoms in total. The van der Waals surface area contributed by atoms with Gasteiger partial charge in [0.1, 0.15) is 0 Å². The molecule has 1 aliphatic heterocycles. The van der Waals surface area contributed by atoms with Gasteiger partial charge in [0.25, 0.3) is 0 Å². The van der Waals surface area contributed by atoms with E-state index in [0.717, 1.165) is 54.0 Å². The van der Waals surface area contributed by atoms with Gasteiger partial charge in [-0.25, -0.2) is 4.99 Å². The average molecular weight is 544 g/mol. The highest BCUT2D eigenvalue weighted by molar-refractivity contribution is 6.31. The first-order chi connectivity index (χ1) is 18.9. The molecule has 1 aromatic heterocycles. The Labute approximate surface area is 234 Å². The molecule has 0 amide bonds. The van der Waals surface area contributed by atoms with Crippen LogP contribution in [0.4, 0.5) is 11.4 Å². The van der Waals surface area contributed by atoms with Crippen LogP contribution in [0.15, 0.2) is 77.8 Å².